The summed E-state index contributed by atoms with van der Waals surface area (Å²) in [5.41, 5.74) is 0. The first-order valence-electron chi connectivity index (χ1n) is 5.77. The van der Waals surface area contributed by atoms with Gasteiger partial charge >= 0.3 is 6.18 Å². The minimum absolute atomic E-state index is 0.193. The second-order valence-electron chi connectivity index (χ2n) is 4.61. The molecule has 0 spiro atoms. The highest BCUT2D eigenvalue weighted by Crippen LogP contribution is 2.30. The van der Waals surface area contributed by atoms with Crippen LogP contribution in [0.4, 0.5) is 13.2 Å². The van der Waals surface area contributed by atoms with Crippen LogP contribution in [0.1, 0.15) is 45.4 Å². The van der Waals surface area contributed by atoms with Crippen LogP contribution in [-0.2, 0) is 0 Å². The molecule has 1 fully saturated rings. The van der Waals surface area contributed by atoms with Gasteiger partial charge in [-0.25, -0.2) is 0 Å². The maximum Gasteiger partial charge on any atom is 0.389 e. The number of hydrogen-bond donors (Lipinski definition) is 1. The van der Waals surface area contributed by atoms with E-state index in [1.807, 2.05) is 0 Å². The van der Waals surface area contributed by atoms with Crippen LogP contribution >= 0.6 is 0 Å². The van der Waals surface area contributed by atoms with Crippen molar-refractivity contribution in [3.05, 3.63) is 0 Å². The first kappa shape index (κ1) is 12.8. The van der Waals surface area contributed by atoms with Gasteiger partial charge in [0.2, 0.25) is 0 Å². The van der Waals surface area contributed by atoms with E-state index in [0.29, 0.717) is 12.6 Å². The van der Waals surface area contributed by atoms with E-state index in [2.05, 4.69) is 12.2 Å². The van der Waals surface area contributed by atoms with Crippen molar-refractivity contribution in [1.82, 2.24) is 5.32 Å². The van der Waals surface area contributed by atoms with Gasteiger partial charge < -0.3 is 5.32 Å². The molecule has 1 atom stereocenters. The molecule has 1 aliphatic carbocycles. The fourth-order valence-corrected chi connectivity index (χ4v) is 1.95. The van der Waals surface area contributed by atoms with Crippen molar-refractivity contribution in [3.63, 3.8) is 0 Å². The predicted molar refractivity (Wildman–Crippen MR) is 54.7 cm³/mol. The number of rotatable bonds is 6. The fourth-order valence-electron chi connectivity index (χ4n) is 1.95. The summed E-state index contributed by atoms with van der Waals surface area (Å²) in [7, 11) is 0. The zero-order chi connectivity index (χ0) is 11.3. The van der Waals surface area contributed by atoms with Crippen LogP contribution in [0.3, 0.4) is 0 Å². The van der Waals surface area contributed by atoms with Gasteiger partial charge in [-0.05, 0) is 32.2 Å². The van der Waals surface area contributed by atoms with Crippen molar-refractivity contribution in [1.29, 1.82) is 0 Å². The summed E-state index contributed by atoms with van der Waals surface area (Å²) in [6.45, 7) is 2.54. The Balaban J connectivity index is 1.94. The minimum Gasteiger partial charge on any atom is -0.314 e. The third kappa shape index (κ3) is 6.03. The molecule has 1 N–H and O–H groups in total. The van der Waals surface area contributed by atoms with E-state index < -0.39 is 12.6 Å². The van der Waals surface area contributed by atoms with Crippen LogP contribution in [0.15, 0.2) is 0 Å². The summed E-state index contributed by atoms with van der Waals surface area (Å²) in [5, 5.41) is 3.15. The molecular weight excluding hydrogens is 203 g/mol. The Bertz CT molecular complexity index is 175. The van der Waals surface area contributed by atoms with E-state index in [-0.39, 0.29) is 6.42 Å². The van der Waals surface area contributed by atoms with Gasteiger partial charge in [-0.3, -0.25) is 0 Å². The van der Waals surface area contributed by atoms with Gasteiger partial charge in [-0.15, -0.1) is 0 Å². The Kier molecular flexibility index (Phi) is 4.90. The summed E-state index contributed by atoms with van der Waals surface area (Å²) in [4.78, 5) is 0. The van der Waals surface area contributed by atoms with Crippen LogP contribution in [-0.4, -0.2) is 18.8 Å². The van der Waals surface area contributed by atoms with Crippen LogP contribution in [0.5, 0.6) is 0 Å². The molecule has 0 aromatic heterocycles. The van der Waals surface area contributed by atoms with Crippen molar-refractivity contribution in [2.75, 3.05) is 6.54 Å². The highest BCUT2D eigenvalue weighted by atomic mass is 19.4. The van der Waals surface area contributed by atoms with Gasteiger partial charge in [-0.1, -0.05) is 19.3 Å². The van der Waals surface area contributed by atoms with E-state index in [9.17, 15) is 13.2 Å². The van der Waals surface area contributed by atoms with Gasteiger partial charge in [0.05, 0.1) is 0 Å². The van der Waals surface area contributed by atoms with Crippen molar-refractivity contribution >= 4 is 0 Å². The lowest BCUT2D eigenvalue weighted by Gasteiger charge is -2.28. The third-order valence-corrected chi connectivity index (χ3v) is 3.04. The van der Waals surface area contributed by atoms with Gasteiger partial charge in [0.15, 0.2) is 0 Å². The van der Waals surface area contributed by atoms with E-state index in [1.54, 1.807) is 0 Å². The second-order valence-corrected chi connectivity index (χ2v) is 4.61. The molecule has 4 heteroatoms. The summed E-state index contributed by atoms with van der Waals surface area (Å²) in [6.07, 6.45) is 0.564. The molecule has 1 nitrogen and oxygen atoms in total. The molecule has 0 bridgehead atoms. The molecule has 1 rings (SSSR count). The Hall–Kier alpha value is -0.250. The van der Waals surface area contributed by atoms with Crippen LogP contribution < -0.4 is 5.32 Å². The lowest BCUT2D eigenvalue weighted by atomic mass is 9.81. The number of halogens is 3. The maximum absolute atomic E-state index is 11.8. The molecule has 0 saturated heterocycles. The number of alkyl halides is 3. The Morgan fingerprint density at radius 1 is 1.33 bits per heavy atom. The van der Waals surface area contributed by atoms with E-state index in [4.69, 9.17) is 0 Å². The van der Waals surface area contributed by atoms with E-state index >= 15 is 0 Å². The zero-order valence-corrected chi connectivity index (χ0v) is 9.24. The summed E-state index contributed by atoms with van der Waals surface area (Å²) >= 11 is 0. The number of hydrogen-bond acceptors (Lipinski definition) is 1. The highest BCUT2D eigenvalue weighted by molar-refractivity contribution is 4.74. The zero-order valence-electron chi connectivity index (χ0n) is 9.24. The largest absolute Gasteiger partial charge is 0.389 e. The topological polar surface area (TPSA) is 12.0 Å². The van der Waals surface area contributed by atoms with Crippen LogP contribution in [0, 0.1) is 5.92 Å². The molecule has 0 amide bonds. The third-order valence-electron chi connectivity index (χ3n) is 3.04. The molecule has 90 valence electrons. The molecule has 1 unspecified atom stereocenters. The number of nitrogens with one attached hydrogen (secondary N) is 1. The van der Waals surface area contributed by atoms with Gasteiger partial charge in [0.1, 0.15) is 0 Å². The van der Waals surface area contributed by atoms with Crippen molar-refractivity contribution < 1.29 is 13.2 Å². The first-order valence-corrected chi connectivity index (χ1v) is 5.77. The highest BCUT2D eigenvalue weighted by Gasteiger charge is 2.26. The van der Waals surface area contributed by atoms with Gasteiger partial charge in [-0.2, -0.15) is 13.2 Å². The SMILES string of the molecule is CC(CC1CCC1)NCCCC(F)(F)F. The molecular formula is C11H20F3N. The quantitative estimate of drug-likeness (QED) is 0.679. The monoisotopic (exact) mass is 223 g/mol. The summed E-state index contributed by atoms with van der Waals surface area (Å²) in [6, 6.07) is 0.364. The van der Waals surface area contributed by atoms with Crippen molar-refractivity contribution in [2.45, 2.75) is 57.7 Å². The van der Waals surface area contributed by atoms with Crippen LogP contribution in [0.25, 0.3) is 0 Å². The van der Waals surface area contributed by atoms with Crippen molar-refractivity contribution in [3.8, 4) is 0 Å². The average molecular weight is 223 g/mol. The molecule has 1 aliphatic rings. The minimum atomic E-state index is -4.00. The van der Waals surface area contributed by atoms with Crippen LogP contribution in [0.2, 0.25) is 0 Å². The molecule has 1 saturated carbocycles. The molecule has 0 aromatic carbocycles. The molecule has 0 heterocycles. The second kappa shape index (κ2) is 5.73. The molecule has 0 radical (unpaired) electrons. The van der Waals surface area contributed by atoms with E-state index in [1.165, 1.54) is 19.3 Å². The average Bonchev–Trinajstić information content (AvgIpc) is 2.04. The lowest BCUT2D eigenvalue weighted by Crippen LogP contribution is -2.31. The smallest absolute Gasteiger partial charge is 0.314 e. The standard InChI is InChI=1S/C11H20F3N/c1-9(8-10-4-2-5-10)15-7-3-6-11(12,13)14/h9-10,15H,2-8H2,1H3. The lowest BCUT2D eigenvalue weighted by molar-refractivity contribution is -0.135. The fraction of sp³-hybridized carbons (Fsp3) is 1.00. The summed E-state index contributed by atoms with van der Waals surface area (Å²) < 4.78 is 35.5. The molecule has 15 heavy (non-hydrogen) atoms. The Morgan fingerprint density at radius 3 is 2.47 bits per heavy atom. The van der Waals surface area contributed by atoms with Gasteiger partial charge in [0.25, 0.3) is 0 Å². The van der Waals surface area contributed by atoms with Crippen molar-refractivity contribution in [2.24, 2.45) is 5.92 Å². The Labute approximate surface area is 89.4 Å². The first-order chi connectivity index (χ1) is 6.97. The molecule has 0 aliphatic heterocycles. The Morgan fingerprint density at radius 2 is 2.00 bits per heavy atom. The van der Waals surface area contributed by atoms with E-state index in [0.717, 1.165) is 12.3 Å². The normalized spacial score (nSPS) is 20.0. The summed E-state index contributed by atoms with van der Waals surface area (Å²) in [5.74, 6) is 0.815. The van der Waals surface area contributed by atoms with Gasteiger partial charge in [0, 0.05) is 12.5 Å². The predicted octanol–water partition coefficient (Wildman–Crippen LogP) is 3.50. The molecule has 0 aromatic rings. The maximum atomic E-state index is 11.8.